The normalized spacial score (nSPS) is 10.3. The van der Waals surface area contributed by atoms with Crippen molar-refractivity contribution in [1.29, 1.82) is 0 Å². The van der Waals surface area contributed by atoms with Crippen LogP contribution in [0.4, 0.5) is 5.69 Å². The van der Waals surface area contributed by atoms with Crippen molar-refractivity contribution in [3.05, 3.63) is 40.5 Å². The molecule has 2 rings (SSSR count). The summed E-state index contributed by atoms with van der Waals surface area (Å²) in [5.74, 6) is 0.816. The lowest BCUT2D eigenvalue weighted by molar-refractivity contribution is 0.384. The molecule has 0 aliphatic heterocycles. The van der Waals surface area contributed by atoms with Gasteiger partial charge in [0.25, 0.3) is 0 Å². The van der Waals surface area contributed by atoms with Gasteiger partial charge in [0.1, 0.15) is 0 Å². The summed E-state index contributed by atoms with van der Waals surface area (Å²) in [4.78, 5) is 3.98. The van der Waals surface area contributed by atoms with Crippen molar-refractivity contribution in [1.82, 2.24) is 10.1 Å². The highest BCUT2D eigenvalue weighted by Gasteiger charge is 2.02. The molecule has 1 N–H and O–H groups in total. The van der Waals surface area contributed by atoms with E-state index < -0.39 is 0 Å². The molecule has 0 amide bonds. The minimum absolute atomic E-state index is 0.615. The SMILES string of the molecule is Cc1cc(CNc2ccncc2Br)on1. The summed E-state index contributed by atoms with van der Waals surface area (Å²) in [5, 5.41) is 7.03. The van der Waals surface area contributed by atoms with Crippen LogP contribution in [0.3, 0.4) is 0 Å². The molecule has 0 saturated heterocycles. The van der Waals surface area contributed by atoms with Crippen LogP contribution in [0.15, 0.2) is 33.5 Å². The van der Waals surface area contributed by atoms with Gasteiger partial charge in [0.2, 0.25) is 0 Å². The Morgan fingerprint density at radius 1 is 1.53 bits per heavy atom. The number of hydrogen-bond acceptors (Lipinski definition) is 4. The van der Waals surface area contributed by atoms with Crippen LogP contribution in [-0.2, 0) is 6.54 Å². The lowest BCUT2D eigenvalue weighted by Gasteiger charge is -2.04. The standard InChI is InChI=1S/C10H10BrN3O/c1-7-4-8(15-14-7)5-13-10-2-3-12-6-9(10)11/h2-4,6H,5H2,1H3,(H,12,13). The van der Waals surface area contributed by atoms with Crippen molar-refractivity contribution in [2.45, 2.75) is 13.5 Å². The summed E-state index contributed by atoms with van der Waals surface area (Å²) in [7, 11) is 0. The van der Waals surface area contributed by atoms with Crippen LogP contribution < -0.4 is 5.32 Å². The zero-order valence-corrected chi connectivity index (χ0v) is 9.78. The number of anilines is 1. The number of aromatic nitrogens is 2. The number of hydrogen-bond donors (Lipinski definition) is 1. The lowest BCUT2D eigenvalue weighted by atomic mass is 10.3. The largest absolute Gasteiger partial charge is 0.377 e. The van der Waals surface area contributed by atoms with Crippen LogP contribution in [-0.4, -0.2) is 10.1 Å². The molecule has 2 heterocycles. The Labute approximate surface area is 95.8 Å². The van der Waals surface area contributed by atoms with E-state index in [9.17, 15) is 0 Å². The average molecular weight is 268 g/mol. The summed E-state index contributed by atoms with van der Waals surface area (Å²) in [5.41, 5.74) is 1.87. The van der Waals surface area contributed by atoms with Crippen molar-refractivity contribution in [3.63, 3.8) is 0 Å². The average Bonchev–Trinajstić information content (AvgIpc) is 2.63. The van der Waals surface area contributed by atoms with Gasteiger partial charge in [-0.1, -0.05) is 5.16 Å². The number of nitrogens with one attached hydrogen (secondary N) is 1. The highest BCUT2D eigenvalue weighted by atomic mass is 79.9. The van der Waals surface area contributed by atoms with Gasteiger partial charge in [-0.2, -0.15) is 0 Å². The molecule has 2 aromatic rings. The predicted molar refractivity (Wildman–Crippen MR) is 60.5 cm³/mol. The quantitative estimate of drug-likeness (QED) is 0.929. The number of aryl methyl sites for hydroxylation is 1. The second kappa shape index (κ2) is 4.44. The van der Waals surface area contributed by atoms with E-state index in [1.807, 2.05) is 19.1 Å². The van der Waals surface area contributed by atoms with Gasteiger partial charge in [-0.15, -0.1) is 0 Å². The molecule has 2 aromatic heterocycles. The van der Waals surface area contributed by atoms with E-state index in [0.29, 0.717) is 6.54 Å². The third-order valence-corrected chi connectivity index (χ3v) is 2.53. The van der Waals surface area contributed by atoms with Gasteiger partial charge in [0.05, 0.1) is 22.4 Å². The second-order valence-corrected chi connectivity index (χ2v) is 4.00. The fraction of sp³-hybridized carbons (Fsp3) is 0.200. The van der Waals surface area contributed by atoms with Crippen LogP contribution in [0.5, 0.6) is 0 Å². The molecule has 0 aliphatic rings. The highest BCUT2D eigenvalue weighted by molar-refractivity contribution is 9.10. The third-order valence-electron chi connectivity index (χ3n) is 1.90. The first kappa shape index (κ1) is 10.2. The van der Waals surface area contributed by atoms with Crippen molar-refractivity contribution < 1.29 is 4.52 Å². The van der Waals surface area contributed by atoms with Gasteiger partial charge in [0.15, 0.2) is 5.76 Å². The van der Waals surface area contributed by atoms with E-state index in [0.717, 1.165) is 21.6 Å². The fourth-order valence-corrected chi connectivity index (χ4v) is 1.59. The predicted octanol–water partition coefficient (Wildman–Crippen LogP) is 2.75. The molecule has 0 aliphatic carbocycles. The monoisotopic (exact) mass is 267 g/mol. The van der Waals surface area contributed by atoms with Crippen molar-refractivity contribution in [3.8, 4) is 0 Å². The van der Waals surface area contributed by atoms with E-state index >= 15 is 0 Å². The van der Waals surface area contributed by atoms with E-state index in [-0.39, 0.29) is 0 Å². The van der Waals surface area contributed by atoms with Crippen LogP contribution in [0.2, 0.25) is 0 Å². The van der Waals surface area contributed by atoms with Crippen LogP contribution in [0.25, 0.3) is 0 Å². The minimum atomic E-state index is 0.615. The van der Waals surface area contributed by atoms with Gasteiger partial charge >= 0.3 is 0 Å². The van der Waals surface area contributed by atoms with Crippen molar-refractivity contribution in [2.24, 2.45) is 0 Å². The molecule has 0 aromatic carbocycles. The summed E-state index contributed by atoms with van der Waals surface area (Å²) in [6.45, 7) is 2.51. The molecule has 78 valence electrons. The molecule has 5 heteroatoms. The Morgan fingerprint density at radius 2 is 2.40 bits per heavy atom. The molecular weight excluding hydrogens is 258 g/mol. The zero-order chi connectivity index (χ0) is 10.7. The topological polar surface area (TPSA) is 51.0 Å². The fourth-order valence-electron chi connectivity index (χ4n) is 1.20. The summed E-state index contributed by atoms with van der Waals surface area (Å²) in [6.07, 6.45) is 3.48. The molecule has 0 unspecified atom stereocenters. The first-order valence-corrected chi connectivity index (χ1v) is 5.30. The zero-order valence-electron chi connectivity index (χ0n) is 8.20. The van der Waals surface area contributed by atoms with Crippen molar-refractivity contribution in [2.75, 3.05) is 5.32 Å². The first-order chi connectivity index (χ1) is 7.25. The maximum absolute atomic E-state index is 5.08. The Kier molecular flexibility index (Phi) is 3.01. The number of pyridine rings is 1. The lowest BCUT2D eigenvalue weighted by Crippen LogP contribution is -1.98. The van der Waals surface area contributed by atoms with E-state index in [2.05, 4.69) is 31.4 Å². The molecule has 0 fully saturated rings. The summed E-state index contributed by atoms with van der Waals surface area (Å²) < 4.78 is 6.01. The molecule has 0 saturated carbocycles. The molecule has 4 nitrogen and oxygen atoms in total. The molecule has 0 radical (unpaired) electrons. The van der Waals surface area contributed by atoms with Crippen LogP contribution in [0, 0.1) is 6.92 Å². The number of nitrogens with zero attached hydrogens (tertiary/aromatic N) is 2. The molecule has 0 bridgehead atoms. The number of halogens is 1. The highest BCUT2D eigenvalue weighted by Crippen LogP contribution is 2.20. The molecule has 0 atom stereocenters. The van der Waals surface area contributed by atoms with Crippen LogP contribution >= 0.6 is 15.9 Å². The molecular formula is C10H10BrN3O. The Morgan fingerprint density at radius 3 is 3.07 bits per heavy atom. The first-order valence-electron chi connectivity index (χ1n) is 4.51. The van der Waals surface area contributed by atoms with E-state index in [4.69, 9.17) is 4.52 Å². The Hall–Kier alpha value is -1.36. The Balaban J connectivity index is 2.02. The maximum atomic E-state index is 5.08. The van der Waals surface area contributed by atoms with E-state index in [1.54, 1.807) is 12.4 Å². The van der Waals surface area contributed by atoms with Gasteiger partial charge in [-0.25, -0.2) is 0 Å². The van der Waals surface area contributed by atoms with Gasteiger partial charge in [-0.05, 0) is 28.9 Å². The van der Waals surface area contributed by atoms with Gasteiger partial charge in [-0.3, -0.25) is 4.98 Å². The van der Waals surface area contributed by atoms with Gasteiger partial charge < -0.3 is 9.84 Å². The smallest absolute Gasteiger partial charge is 0.156 e. The minimum Gasteiger partial charge on any atom is -0.377 e. The Bertz CT molecular complexity index is 455. The maximum Gasteiger partial charge on any atom is 0.156 e. The number of rotatable bonds is 3. The third kappa shape index (κ3) is 2.56. The summed E-state index contributed by atoms with van der Waals surface area (Å²) >= 11 is 3.40. The second-order valence-electron chi connectivity index (χ2n) is 3.14. The van der Waals surface area contributed by atoms with E-state index in [1.165, 1.54) is 0 Å². The summed E-state index contributed by atoms with van der Waals surface area (Å²) in [6, 6.07) is 3.80. The van der Waals surface area contributed by atoms with Crippen molar-refractivity contribution >= 4 is 21.6 Å². The van der Waals surface area contributed by atoms with Gasteiger partial charge in [0, 0.05) is 18.5 Å². The molecule has 0 spiro atoms. The van der Waals surface area contributed by atoms with Crippen LogP contribution in [0.1, 0.15) is 11.5 Å². The molecule has 15 heavy (non-hydrogen) atoms.